The highest BCUT2D eigenvalue weighted by molar-refractivity contribution is 7.13. The maximum absolute atomic E-state index is 11.5. The van der Waals surface area contributed by atoms with E-state index in [0.717, 1.165) is 17.1 Å². The van der Waals surface area contributed by atoms with E-state index in [0.29, 0.717) is 12.2 Å². The molecular weight excluding hydrogens is 210 g/mol. The van der Waals surface area contributed by atoms with Crippen LogP contribution < -0.4 is 5.32 Å². The van der Waals surface area contributed by atoms with Gasteiger partial charge in [-0.2, -0.15) is 5.10 Å². The summed E-state index contributed by atoms with van der Waals surface area (Å²) in [6.07, 6.45) is 0. The third kappa shape index (κ3) is 1.35. The number of hydrogen-bond acceptors (Lipinski definition) is 3. The third-order valence-electron chi connectivity index (χ3n) is 2.40. The smallest absolute Gasteiger partial charge is 0.269 e. The average molecular weight is 219 g/mol. The van der Waals surface area contributed by atoms with E-state index in [1.807, 2.05) is 23.6 Å². The molecule has 2 aromatic rings. The van der Waals surface area contributed by atoms with Gasteiger partial charge in [0.2, 0.25) is 0 Å². The molecule has 3 rings (SSSR count). The summed E-state index contributed by atoms with van der Waals surface area (Å²) in [5.74, 6) is -0.0310. The van der Waals surface area contributed by atoms with Gasteiger partial charge >= 0.3 is 0 Å². The molecule has 1 N–H and O–H groups in total. The van der Waals surface area contributed by atoms with Crippen molar-refractivity contribution in [1.82, 2.24) is 15.1 Å². The molecular formula is C10H9N3OS. The van der Waals surface area contributed by atoms with Crippen molar-refractivity contribution in [2.45, 2.75) is 6.54 Å². The van der Waals surface area contributed by atoms with Crippen LogP contribution in [0.15, 0.2) is 23.6 Å². The number of nitrogens with zero attached hydrogens (tertiary/aromatic N) is 2. The molecule has 76 valence electrons. The SMILES string of the molecule is O=C1NCCn2nc(-c3cccs3)cc21. The number of hydrogen-bond donors (Lipinski definition) is 1. The summed E-state index contributed by atoms with van der Waals surface area (Å²) in [5, 5.41) is 9.22. The summed E-state index contributed by atoms with van der Waals surface area (Å²) < 4.78 is 1.77. The molecule has 4 nitrogen and oxygen atoms in total. The number of nitrogens with one attached hydrogen (secondary N) is 1. The Morgan fingerprint density at radius 1 is 1.53 bits per heavy atom. The standard InChI is InChI=1S/C10H9N3OS/c14-10-8-6-7(9-2-1-5-15-9)12-13(8)4-3-11-10/h1-2,5-6H,3-4H2,(H,11,14). The fourth-order valence-corrected chi connectivity index (χ4v) is 2.36. The van der Waals surface area contributed by atoms with Crippen LogP contribution in [0.25, 0.3) is 10.6 Å². The lowest BCUT2D eigenvalue weighted by atomic mass is 10.3. The van der Waals surface area contributed by atoms with E-state index in [9.17, 15) is 4.79 Å². The molecule has 2 aromatic heterocycles. The van der Waals surface area contributed by atoms with E-state index in [4.69, 9.17) is 0 Å². The number of fused-ring (bicyclic) bond motifs is 1. The lowest BCUT2D eigenvalue weighted by Crippen LogP contribution is -2.35. The third-order valence-corrected chi connectivity index (χ3v) is 3.29. The maximum Gasteiger partial charge on any atom is 0.269 e. The number of carbonyl (C=O) groups is 1. The zero-order valence-corrected chi connectivity index (χ0v) is 8.75. The largest absolute Gasteiger partial charge is 0.349 e. The highest BCUT2D eigenvalue weighted by Gasteiger charge is 2.19. The predicted octanol–water partition coefficient (Wildman–Crippen LogP) is 1.35. The van der Waals surface area contributed by atoms with Gasteiger partial charge in [-0.05, 0) is 17.5 Å². The molecule has 0 spiro atoms. The Kier molecular flexibility index (Phi) is 1.85. The quantitative estimate of drug-likeness (QED) is 0.787. The fourth-order valence-electron chi connectivity index (χ4n) is 1.68. The Hall–Kier alpha value is -1.62. The van der Waals surface area contributed by atoms with Gasteiger partial charge in [-0.25, -0.2) is 0 Å². The lowest BCUT2D eigenvalue weighted by molar-refractivity contribution is 0.0924. The first-order valence-corrected chi connectivity index (χ1v) is 5.62. The second-order valence-corrected chi connectivity index (χ2v) is 4.32. The number of carbonyl (C=O) groups excluding carboxylic acids is 1. The Balaban J connectivity index is 2.09. The number of thiophene rings is 1. The van der Waals surface area contributed by atoms with E-state index >= 15 is 0 Å². The van der Waals surface area contributed by atoms with Gasteiger partial charge in [0.25, 0.3) is 5.91 Å². The molecule has 1 aliphatic rings. The normalized spacial score (nSPS) is 14.8. The van der Waals surface area contributed by atoms with Crippen molar-refractivity contribution in [2.75, 3.05) is 6.54 Å². The maximum atomic E-state index is 11.5. The minimum Gasteiger partial charge on any atom is -0.349 e. The van der Waals surface area contributed by atoms with Crippen molar-refractivity contribution in [3.63, 3.8) is 0 Å². The molecule has 0 saturated carbocycles. The van der Waals surface area contributed by atoms with Gasteiger partial charge in [0.05, 0.1) is 11.4 Å². The van der Waals surface area contributed by atoms with Gasteiger partial charge < -0.3 is 5.32 Å². The summed E-state index contributed by atoms with van der Waals surface area (Å²) in [7, 11) is 0. The van der Waals surface area contributed by atoms with Crippen molar-refractivity contribution in [3.05, 3.63) is 29.3 Å². The Morgan fingerprint density at radius 3 is 3.20 bits per heavy atom. The first-order chi connectivity index (χ1) is 7.34. The molecule has 0 atom stereocenters. The van der Waals surface area contributed by atoms with Crippen molar-refractivity contribution in [3.8, 4) is 10.6 Å². The topological polar surface area (TPSA) is 46.9 Å². The van der Waals surface area contributed by atoms with Crippen LogP contribution in [-0.4, -0.2) is 22.2 Å². The monoisotopic (exact) mass is 219 g/mol. The Morgan fingerprint density at radius 2 is 2.47 bits per heavy atom. The number of amides is 1. The number of rotatable bonds is 1. The minimum absolute atomic E-state index is 0.0310. The molecule has 0 saturated heterocycles. The lowest BCUT2D eigenvalue weighted by Gasteiger charge is -2.13. The minimum atomic E-state index is -0.0310. The first-order valence-electron chi connectivity index (χ1n) is 4.74. The molecule has 0 aliphatic carbocycles. The molecule has 15 heavy (non-hydrogen) atoms. The predicted molar refractivity (Wildman–Crippen MR) is 57.9 cm³/mol. The molecule has 0 radical (unpaired) electrons. The van der Waals surface area contributed by atoms with Crippen LogP contribution in [-0.2, 0) is 6.54 Å². The molecule has 0 fully saturated rings. The van der Waals surface area contributed by atoms with Crippen molar-refractivity contribution < 1.29 is 4.79 Å². The van der Waals surface area contributed by atoms with Crippen LogP contribution in [0, 0.1) is 0 Å². The second kappa shape index (κ2) is 3.20. The second-order valence-electron chi connectivity index (χ2n) is 3.37. The van der Waals surface area contributed by atoms with E-state index in [-0.39, 0.29) is 5.91 Å². The van der Waals surface area contributed by atoms with Gasteiger partial charge in [0.1, 0.15) is 11.4 Å². The van der Waals surface area contributed by atoms with E-state index in [1.54, 1.807) is 16.0 Å². The van der Waals surface area contributed by atoms with E-state index in [1.165, 1.54) is 0 Å². The van der Waals surface area contributed by atoms with Crippen LogP contribution in [0.5, 0.6) is 0 Å². The summed E-state index contributed by atoms with van der Waals surface area (Å²) in [6.45, 7) is 1.42. The molecule has 0 aromatic carbocycles. The van der Waals surface area contributed by atoms with Gasteiger partial charge in [-0.3, -0.25) is 9.48 Å². The molecule has 3 heterocycles. The fraction of sp³-hybridized carbons (Fsp3) is 0.200. The van der Waals surface area contributed by atoms with E-state index < -0.39 is 0 Å². The molecule has 1 amide bonds. The molecule has 1 aliphatic heterocycles. The van der Waals surface area contributed by atoms with Crippen LogP contribution in [0.3, 0.4) is 0 Å². The van der Waals surface area contributed by atoms with Crippen LogP contribution in [0.2, 0.25) is 0 Å². The summed E-state index contributed by atoms with van der Waals surface area (Å²) >= 11 is 1.63. The van der Waals surface area contributed by atoms with Gasteiger partial charge in [0.15, 0.2) is 0 Å². The summed E-state index contributed by atoms with van der Waals surface area (Å²) in [4.78, 5) is 12.6. The Bertz CT molecular complexity index is 501. The van der Waals surface area contributed by atoms with Crippen LogP contribution in [0.1, 0.15) is 10.5 Å². The highest BCUT2D eigenvalue weighted by atomic mass is 32.1. The van der Waals surface area contributed by atoms with Gasteiger partial charge in [-0.15, -0.1) is 11.3 Å². The van der Waals surface area contributed by atoms with Crippen LogP contribution in [0.4, 0.5) is 0 Å². The first kappa shape index (κ1) is 8.67. The van der Waals surface area contributed by atoms with Gasteiger partial charge in [0, 0.05) is 6.54 Å². The Labute approximate surface area is 90.5 Å². The van der Waals surface area contributed by atoms with Gasteiger partial charge in [-0.1, -0.05) is 6.07 Å². The van der Waals surface area contributed by atoms with Crippen molar-refractivity contribution >= 4 is 17.2 Å². The number of aromatic nitrogens is 2. The van der Waals surface area contributed by atoms with Crippen molar-refractivity contribution in [2.24, 2.45) is 0 Å². The highest BCUT2D eigenvalue weighted by Crippen LogP contribution is 2.24. The molecule has 0 unspecified atom stereocenters. The molecule has 5 heteroatoms. The summed E-state index contributed by atoms with van der Waals surface area (Å²) in [6, 6.07) is 5.84. The van der Waals surface area contributed by atoms with Crippen LogP contribution >= 0.6 is 11.3 Å². The summed E-state index contributed by atoms with van der Waals surface area (Å²) in [5.41, 5.74) is 1.54. The molecule has 0 bridgehead atoms. The van der Waals surface area contributed by atoms with E-state index in [2.05, 4.69) is 10.4 Å². The van der Waals surface area contributed by atoms with Crippen molar-refractivity contribution in [1.29, 1.82) is 0 Å². The zero-order valence-electron chi connectivity index (χ0n) is 7.93. The average Bonchev–Trinajstić information content (AvgIpc) is 2.86. The zero-order chi connectivity index (χ0) is 10.3.